The molecule has 2 saturated heterocycles. The van der Waals surface area contributed by atoms with E-state index in [9.17, 15) is 13.6 Å². The molecule has 6 heteroatoms. The molecule has 2 heterocycles. The zero-order valence-electron chi connectivity index (χ0n) is 26.6. The zero-order valence-corrected chi connectivity index (χ0v) is 26.6. The lowest BCUT2D eigenvalue weighted by Gasteiger charge is -2.30. The number of methoxy groups -OCH3 is 1. The average molecular weight is 608 g/mol. The quantitative estimate of drug-likeness (QED) is 0.361. The van der Waals surface area contributed by atoms with Crippen molar-refractivity contribution in [1.82, 2.24) is 4.90 Å². The molecule has 2 aliphatic heterocycles. The lowest BCUT2D eigenvalue weighted by molar-refractivity contribution is -0.638. The maximum absolute atomic E-state index is 13.1. The van der Waals surface area contributed by atoms with Gasteiger partial charge in [0.2, 0.25) is 12.3 Å². The summed E-state index contributed by atoms with van der Waals surface area (Å²) in [5.41, 5.74) is 1.85. The van der Waals surface area contributed by atoms with Crippen LogP contribution in [0.4, 0.5) is 8.78 Å². The number of rotatable bonds is 6. The molecule has 0 bridgehead atoms. The van der Waals surface area contributed by atoms with Gasteiger partial charge in [-0.25, -0.2) is 8.78 Å². The molecule has 4 nitrogen and oxygen atoms in total. The number of hydrogen-bond acceptors (Lipinski definition) is 2. The summed E-state index contributed by atoms with van der Waals surface area (Å²) in [5, 5.41) is 2.17. The van der Waals surface area contributed by atoms with Crippen molar-refractivity contribution in [1.29, 1.82) is 0 Å². The number of piperidine rings is 1. The van der Waals surface area contributed by atoms with Crippen molar-refractivity contribution in [2.45, 2.75) is 83.0 Å². The minimum atomic E-state index is -2.34. The molecule has 1 unspecified atom stereocenters. The van der Waals surface area contributed by atoms with Crippen LogP contribution < -0.4 is 10.1 Å². The van der Waals surface area contributed by atoms with Crippen LogP contribution >= 0.6 is 0 Å². The Labute approximate surface area is 266 Å². The molecular weight excluding hydrogens is 554 g/mol. The van der Waals surface area contributed by atoms with Gasteiger partial charge in [0.1, 0.15) is 5.75 Å². The summed E-state index contributed by atoms with van der Waals surface area (Å²) in [6.45, 7) is 3.28. The van der Waals surface area contributed by atoms with E-state index in [4.69, 9.17) is 4.74 Å². The van der Waals surface area contributed by atoms with E-state index in [0.29, 0.717) is 5.75 Å². The van der Waals surface area contributed by atoms with Gasteiger partial charge in [-0.2, -0.15) is 0 Å². The van der Waals surface area contributed by atoms with Gasteiger partial charge in [-0.15, -0.1) is 38.5 Å². The highest BCUT2D eigenvalue weighted by Gasteiger charge is 2.41. The topological polar surface area (TPSA) is 46.1 Å². The minimum absolute atomic E-state index is 0.0622. The molecule has 0 aromatic heterocycles. The summed E-state index contributed by atoms with van der Waals surface area (Å²) in [4.78, 5) is 15.1. The lowest BCUT2D eigenvalue weighted by Crippen LogP contribution is -2.81. The summed E-state index contributed by atoms with van der Waals surface area (Å²) in [6.07, 6.45) is 34.1. The maximum Gasteiger partial charge on any atom is 0.239 e. The third-order valence-electron chi connectivity index (χ3n) is 7.88. The van der Waals surface area contributed by atoms with Gasteiger partial charge in [-0.05, 0) is 42.9 Å². The SMILES string of the molecule is C#C.C#C.C#C.C1CCCCC1.COc1cccc([C@@H]2C[NH2+]CC2C(=O)N2CCCCC2)c1CCC(F)F.c1ccccc1. The molecule has 3 aliphatic rings. The second-order valence-corrected chi connectivity index (χ2v) is 10.6. The summed E-state index contributed by atoms with van der Waals surface area (Å²) in [7, 11) is 1.57. The number of benzene rings is 2. The molecule has 2 aromatic carbocycles. The van der Waals surface area contributed by atoms with Gasteiger partial charge < -0.3 is 15.0 Å². The summed E-state index contributed by atoms with van der Waals surface area (Å²) >= 11 is 0. The van der Waals surface area contributed by atoms with Crippen LogP contribution in [-0.2, 0) is 11.2 Å². The Morgan fingerprint density at radius 3 is 1.73 bits per heavy atom. The minimum Gasteiger partial charge on any atom is -0.496 e. The molecule has 0 spiro atoms. The number of hydrogen-bond donors (Lipinski definition) is 1. The van der Waals surface area contributed by atoms with Crippen molar-refractivity contribution >= 4 is 5.91 Å². The first kappa shape index (κ1) is 40.2. The van der Waals surface area contributed by atoms with Crippen LogP contribution in [0.3, 0.4) is 0 Å². The second kappa shape index (κ2) is 26.8. The van der Waals surface area contributed by atoms with E-state index in [1.54, 1.807) is 7.11 Å². The molecule has 0 radical (unpaired) electrons. The average Bonchev–Trinajstić information content (AvgIpc) is 3.62. The van der Waals surface area contributed by atoms with Gasteiger partial charge >= 0.3 is 0 Å². The number of nitrogens with two attached hydrogens (primary N) is 1. The number of terminal acetylenes is 3. The molecule has 1 aliphatic carbocycles. The van der Waals surface area contributed by atoms with Gasteiger partial charge in [-0.1, -0.05) is 87.1 Å². The third kappa shape index (κ3) is 15.1. The molecule has 3 fully saturated rings. The smallest absolute Gasteiger partial charge is 0.239 e. The van der Waals surface area contributed by atoms with Crippen molar-refractivity contribution in [2.75, 3.05) is 33.3 Å². The highest BCUT2D eigenvalue weighted by atomic mass is 19.3. The molecule has 44 heavy (non-hydrogen) atoms. The van der Waals surface area contributed by atoms with E-state index in [1.807, 2.05) is 59.5 Å². The van der Waals surface area contributed by atoms with Crippen LogP contribution in [0.5, 0.6) is 5.75 Å². The molecule has 2 atom stereocenters. The van der Waals surface area contributed by atoms with E-state index >= 15 is 0 Å². The first-order chi connectivity index (χ1) is 21.6. The molecule has 240 valence electrons. The Balaban J connectivity index is 0.000000835. The number of nitrogens with zero attached hydrogens (tertiary/aromatic N) is 1. The predicted molar refractivity (Wildman–Crippen MR) is 179 cm³/mol. The van der Waals surface area contributed by atoms with Crippen LogP contribution in [0.15, 0.2) is 54.6 Å². The molecule has 1 saturated carbocycles. The van der Waals surface area contributed by atoms with E-state index < -0.39 is 6.43 Å². The highest BCUT2D eigenvalue weighted by Crippen LogP contribution is 2.35. The fourth-order valence-electron chi connectivity index (χ4n) is 5.84. The van der Waals surface area contributed by atoms with E-state index in [-0.39, 0.29) is 30.6 Å². The van der Waals surface area contributed by atoms with Gasteiger partial charge in [-0.3, -0.25) is 4.79 Å². The molecule has 5 rings (SSSR count). The molecular formula is C38H53F2N2O2+. The number of halogens is 2. The largest absolute Gasteiger partial charge is 0.496 e. The number of carbonyl (C=O) groups is 1. The maximum atomic E-state index is 13.1. The van der Waals surface area contributed by atoms with Crippen molar-refractivity contribution in [3.8, 4) is 44.3 Å². The summed E-state index contributed by atoms with van der Waals surface area (Å²) in [5.74, 6) is 0.864. The van der Waals surface area contributed by atoms with Crippen LogP contribution in [0.1, 0.15) is 81.3 Å². The Morgan fingerprint density at radius 1 is 0.795 bits per heavy atom. The lowest BCUT2D eigenvalue weighted by atomic mass is 9.83. The molecule has 1 amide bonds. The Bertz CT molecular complexity index is 989. The second-order valence-electron chi connectivity index (χ2n) is 10.6. The van der Waals surface area contributed by atoms with E-state index in [1.165, 1.54) is 44.9 Å². The number of alkyl halides is 2. The van der Waals surface area contributed by atoms with Gasteiger partial charge in [0.25, 0.3) is 0 Å². The number of ether oxygens (including phenoxy) is 1. The van der Waals surface area contributed by atoms with Crippen LogP contribution in [0.2, 0.25) is 0 Å². The Hall–Kier alpha value is -3.79. The Morgan fingerprint density at radius 2 is 1.27 bits per heavy atom. The monoisotopic (exact) mass is 607 g/mol. The van der Waals surface area contributed by atoms with E-state index in [0.717, 1.165) is 50.1 Å². The van der Waals surface area contributed by atoms with Crippen LogP contribution in [-0.4, -0.2) is 50.5 Å². The van der Waals surface area contributed by atoms with Gasteiger partial charge in [0, 0.05) is 19.5 Å². The summed E-state index contributed by atoms with van der Waals surface area (Å²) < 4.78 is 31.0. The number of likely N-dealkylation sites (tertiary alicyclic amines) is 1. The highest BCUT2D eigenvalue weighted by molar-refractivity contribution is 5.80. The fourth-order valence-corrected chi connectivity index (χ4v) is 5.84. The first-order valence-corrected chi connectivity index (χ1v) is 15.7. The summed E-state index contributed by atoms with van der Waals surface area (Å²) in [6, 6.07) is 17.7. The Kier molecular flexibility index (Phi) is 24.5. The van der Waals surface area contributed by atoms with Crippen LogP contribution in [0.25, 0.3) is 0 Å². The third-order valence-corrected chi connectivity index (χ3v) is 7.88. The molecule has 2 aromatic rings. The fraction of sp³-hybridized carbons (Fsp3) is 0.500. The van der Waals surface area contributed by atoms with Gasteiger partial charge in [0.05, 0.1) is 32.0 Å². The van der Waals surface area contributed by atoms with Crippen molar-refractivity contribution in [3.05, 3.63) is 65.7 Å². The number of quaternary nitrogens is 1. The predicted octanol–water partition coefficient (Wildman–Crippen LogP) is 6.96. The van der Waals surface area contributed by atoms with E-state index in [2.05, 4.69) is 43.9 Å². The standard InChI is InChI=1S/C20H28F2N2O2.C6H12.C6H6.3C2H2/c1-26-18-7-5-6-14(15(18)8-9-19(21)22)16-12-23-13-17(16)20(25)24-10-3-2-4-11-24;2*1-2-4-6-5-3-1;3*1-2/h5-7,16-17,19,23H,2-4,8-13H2,1H3;1-6H2;1-6H;3*1-2H/p+1/t16-,17?;;;;;/m0...../s1. The normalized spacial score (nSPS) is 18.4. The van der Waals surface area contributed by atoms with Crippen LogP contribution in [0, 0.1) is 44.5 Å². The van der Waals surface area contributed by atoms with Gasteiger partial charge in [0.15, 0.2) is 0 Å². The van der Waals surface area contributed by atoms with Crippen molar-refractivity contribution in [3.63, 3.8) is 0 Å². The van der Waals surface area contributed by atoms with Crippen molar-refractivity contribution < 1.29 is 23.6 Å². The number of amides is 1. The van der Waals surface area contributed by atoms with Crippen molar-refractivity contribution in [2.24, 2.45) is 5.92 Å². The first-order valence-electron chi connectivity index (χ1n) is 15.7. The number of carbonyl (C=O) groups excluding carboxylic acids is 1. The zero-order chi connectivity index (χ0) is 33.0. The molecule has 2 N–H and O–H groups in total.